The van der Waals surface area contributed by atoms with E-state index in [9.17, 15) is 5.21 Å². The zero-order valence-corrected chi connectivity index (χ0v) is 17.5. The number of para-hydroxylation sites is 1. The standard InChI is InChI=1S/C24H27N3O3/c1-4-29-22-10-6-5-8-19(22)16-26-23(27-28)21-9-7-15-25-24(21)30-20-13-11-18(12-14-20)17(2)3/h5-15,17,28H,4,16H2,1-3H3,(H,26,27). The number of aromatic nitrogens is 1. The smallest absolute Gasteiger partial charge is 0.230 e. The first kappa shape index (κ1) is 21.3. The molecule has 0 aliphatic rings. The van der Waals surface area contributed by atoms with Crippen LogP contribution in [0.3, 0.4) is 0 Å². The van der Waals surface area contributed by atoms with Crippen LogP contribution in [0.25, 0.3) is 0 Å². The van der Waals surface area contributed by atoms with Crippen molar-refractivity contribution in [3.63, 3.8) is 0 Å². The first-order chi connectivity index (χ1) is 14.6. The lowest BCUT2D eigenvalue weighted by atomic mass is 10.0. The highest BCUT2D eigenvalue weighted by Gasteiger charge is 2.13. The summed E-state index contributed by atoms with van der Waals surface area (Å²) in [5.41, 5.74) is 4.89. The van der Waals surface area contributed by atoms with Crippen LogP contribution >= 0.6 is 0 Å². The Morgan fingerprint density at radius 1 is 1.07 bits per heavy atom. The van der Waals surface area contributed by atoms with E-state index >= 15 is 0 Å². The molecule has 0 unspecified atom stereocenters. The number of aliphatic imine (C=N–C) groups is 1. The summed E-state index contributed by atoms with van der Waals surface area (Å²) in [5, 5.41) is 9.72. The maximum Gasteiger partial charge on any atom is 0.230 e. The average molecular weight is 405 g/mol. The van der Waals surface area contributed by atoms with Gasteiger partial charge in [-0.15, -0.1) is 0 Å². The van der Waals surface area contributed by atoms with Crippen molar-refractivity contribution in [1.82, 2.24) is 10.5 Å². The van der Waals surface area contributed by atoms with Crippen molar-refractivity contribution in [3.8, 4) is 17.4 Å². The van der Waals surface area contributed by atoms with Gasteiger partial charge in [-0.05, 0) is 48.7 Å². The van der Waals surface area contributed by atoms with Crippen molar-refractivity contribution in [2.24, 2.45) is 4.99 Å². The molecule has 0 atom stereocenters. The van der Waals surface area contributed by atoms with Gasteiger partial charge in [0.15, 0.2) is 5.84 Å². The van der Waals surface area contributed by atoms with Crippen molar-refractivity contribution in [3.05, 3.63) is 83.6 Å². The van der Waals surface area contributed by atoms with E-state index in [-0.39, 0.29) is 5.84 Å². The molecule has 0 bridgehead atoms. The van der Waals surface area contributed by atoms with E-state index in [1.807, 2.05) is 55.5 Å². The van der Waals surface area contributed by atoms with E-state index in [1.54, 1.807) is 18.3 Å². The predicted octanol–water partition coefficient (Wildman–Crippen LogP) is 5.32. The molecule has 0 amide bonds. The third kappa shape index (κ3) is 5.36. The molecule has 0 fully saturated rings. The number of nitrogens with zero attached hydrogens (tertiary/aromatic N) is 2. The molecule has 2 N–H and O–H groups in total. The van der Waals surface area contributed by atoms with Crippen LogP contribution in [-0.4, -0.2) is 22.6 Å². The van der Waals surface area contributed by atoms with Crippen molar-refractivity contribution in [1.29, 1.82) is 0 Å². The molecule has 0 spiro atoms. The Morgan fingerprint density at radius 2 is 1.83 bits per heavy atom. The summed E-state index contributed by atoms with van der Waals surface area (Å²) in [6.07, 6.45) is 1.64. The third-order valence-corrected chi connectivity index (χ3v) is 4.57. The molecule has 6 heteroatoms. The summed E-state index contributed by atoms with van der Waals surface area (Å²) in [6, 6.07) is 19.1. The van der Waals surface area contributed by atoms with Crippen LogP contribution in [0.4, 0.5) is 0 Å². The first-order valence-electron chi connectivity index (χ1n) is 10.0. The monoisotopic (exact) mass is 405 g/mol. The number of pyridine rings is 1. The Balaban J connectivity index is 1.84. The molecule has 1 aromatic heterocycles. The second-order valence-corrected chi connectivity index (χ2v) is 7.00. The van der Waals surface area contributed by atoms with Crippen LogP contribution in [0.15, 0.2) is 71.9 Å². The van der Waals surface area contributed by atoms with E-state index in [1.165, 1.54) is 5.56 Å². The van der Waals surface area contributed by atoms with Crippen LogP contribution in [-0.2, 0) is 6.54 Å². The summed E-state index contributed by atoms with van der Waals surface area (Å²) >= 11 is 0. The molecular formula is C24H27N3O3. The number of ether oxygens (including phenoxy) is 2. The average Bonchev–Trinajstić information content (AvgIpc) is 2.77. The SMILES string of the molecule is CCOc1ccccc1CN=C(NO)c1cccnc1Oc1ccc(C(C)C)cc1. The zero-order chi connectivity index (χ0) is 21.3. The third-order valence-electron chi connectivity index (χ3n) is 4.57. The molecule has 2 aromatic carbocycles. The van der Waals surface area contributed by atoms with Crippen molar-refractivity contribution >= 4 is 5.84 Å². The Bertz CT molecular complexity index is 985. The molecule has 0 aliphatic carbocycles. The second kappa shape index (κ2) is 10.4. The largest absolute Gasteiger partial charge is 0.494 e. The van der Waals surface area contributed by atoms with Crippen LogP contribution in [0.5, 0.6) is 17.4 Å². The fraction of sp³-hybridized carbons (Fsp3) is 0.250. The Labute approximate surface area is 177 Å². The summed E-state index contributed by atoms with van der Waals surface area (Å²) in [6.45, 7) is 7.13. The lowest BCUT2D eigenvalue weighted by molar-refractivity contribution is 0.234. The molecule has 0 saturated carbocycles. The van der Waals surface area contributed by atoms with Gasteiger partial charge in [0.05, 0.1) is 18.7 Å². The van der Waals surface area contributed by atoms with Crippen molar-refractivity contribution in [2.45, 2.75) is 33.2 Å². The quantitative estimate of drug-likeness (QED) is 0.301. The molecular weight excluding hydrogens is 378 g/mol. The zero-order valence-electron chi connectivity index (χ0n) is 17.5. The Morgan fingerprint density at radius 3 is 2.53 bits per heavy atom. The van der Waals surface area contributed by atoms with Gasteiger partial charge in [0.2, 0.25) is 5.88 Å². The normalized spacial score (nSPS) is 11.4. The molecule has 3 rings (SSSR count). The molecule has 0 aliphatic heterocycles. The molecule has 30 heavy (non-hydrogen) atoms. The van der Waals surface area contributed by atoms with Crippen LogP contribution in [0.2, 0.25) is 0 Å². The second-order valence-electron chi connectivity index (χ2n) is 7.00. The van der Waals surface area contributed by atoms with Gasteiger partial charge in [-0.3, -0.25) is 15.7 Å². The van der Waals surface area contributed by atoms with E-state index in [0.29, 0.717) is 36.3 Å². The molecule has 3 aromatic rings. The van der Waals surface area contributed by atoms with Gasteiger partial charge in [-0.25, -0.2) is 4.98 Å². The van der Waals surface area contributed by atoms with E-state index in [2.05, 4.69) is 29.3 Å². The van der Waals surface area contributed by atoms with Gasteiger partial charge in [0.25, 0.3) is 0 Å². The minimum Gasteiger partial charge on any atom is -0.494 e. The van der Waals surface area contributed by atoms with Gasteiger partial charge in [-0.2, -0.15) is 0 Å². The first-order valence-corrected chi connectivity index (χ1v) is 10.0. The van der Waals surface area contributed by atoms with Crippen LogP contribution in [0, 0.1) is 0 Å². The number of hydroxylamine groups is 1. The topological polar surface area (TPSA) is 76.0 Å². The highest BCUT2D eigenvalue weighted by molar-refractivity contribution is 6.00. The number of hydrogen-bond donors (Lipinski definition) is 2. The molecule has 156 valence electrons. The van der Waals surface area contributed by atoms with E-state index in [4.69, 9.17) is 9.47 Å². The lowest BCUT2D eigenvalue weighted by Crippen LogP contribution is -2.21. The van der Waals surface area contributed by atoms with Gasteiger partial charge in [0, 0.05) is 11.8 Å². The van der Waals surface area contributed by atoms with Gasteiger partial charge in [0.1, 0.15) is 11.5 Å². The van der Waals surface area contributed by atoms with Gasteiger partial charge < -0.3 is 9.47 Å². The molecule has 0 radical (unpaired) electrons. The molecule has 6 nitrogen and oxygen atoms in total. The van der Waals surface area contributed by atoms with Gasteiger partial charge in [-0.1, -0.05) is 44.2 Å². The molecule has 1 heterocycles. The van der Waals surface area contributed by atoms with E-state index < -0.39 is 0 Å². The summed E-state index contributed by atoms with van der Waals surface area (Å²) in [5.74, 6) is 2.50. The summed E-state index contributed by atoms with van der Waals surface area (Å²) in [7, 11) is 0. The minimum atomic E-state index is 0.267. The Kier molecular flexibility index (Phi) is 7.40. The maximum absolute atomic E-state index is 9.72. The highest BCUT2D eigenvalue weighted by Crippen LogP contribution is 2.26. The lowest BCUT2D eigenvalue weighted by Gasteiger charge is -2.13. The molecule has 0 saturated heterocycles. The fourth-order valence-corrected chi connectivity index (χ4v) is 2.96. The summed E-state index contributed by atoms with van der Waals surface area (Å²) < 4.78 is 11.6. The van der Waals surface area contributed by atoms with Gasteiger partial charge >= 0.3 is 0 Å². The van der Waals surface area contributed by atoms with Crippen molar-refractivity contribution in [2.75, 3.05) is 6.61 Å². The maximum atomic E-state index is 9.72. The summed E-state index contributed by atoms with van der Waals surface area (Å²) in [4.78, 5) is 8.84. The predicted molar refractivity (Wildman–Crippen MR) is 118 cm³/mol. The highest BCUT2D eigenvalue weighted by atomic mass is 16.5. The number of hydrogen-bond acceptors (Lipinski definition) is 5. The fourth-order valence-electron chi connectivity index (χ4n) is 2.96. The van der Waals surface area contributed by atoms with Crippen LogP contribution in [0.1, 0.15) is 43.4 Å². The number of amidine groups is 1. The number of rotatable bonds is 8. The number of nitrogens with one attached hydrogen (secondary N) is 1. The van der Waals surface area contributed by atoms with E-state index in [0.717, 1.165) is 11.3 Å². The Hall–Kier alpha value is -3.38. The minimum absolute atomic E-state index is 0.267. The van der Waals surface area contributed by atoms with Crippen LogP contribution < -0.4 is 15.0 Å². The van der Waals surface area contributed by atoms with Crippen molar-refractivity contribution < 1.29 is 14.7 Å². The number of benzene rings is 2.